The third-order valence-electron chi connectivity index (χ3n) is 3.54. The number of thiazole rings is 1. The molecule has 23 heavy (non-hydrogen) atoms. The highest BCUT2D eigenvalue weighted by Crippen LogP contribution is 2.31. The van der Waals surface area contributed by atoms with Crippen molar-refractivity contribution in [3.8, 4) is 16.5 Å². The van der Waals surface area contributed by atoms with E-state index < -0.39 is 0 Å². The Kier molecular flexibility index (Phi) is 4.47. The fourth-order valence-corrected chi connectivity index (χ4v) is 3.06. The maximum atomic E-state index is 10.9. The first kappa shape index (κ1) is 15.4. The molecule has 0 aliphatic carbocycles. The SMILES string of the molecule is COc1ccc2c(CCCC(N)=O)nnc(-c3nccs3)c2c1. The zero-order chi connectivity index (χ0) is 16.2. The van der Waals surface area contributed by atoms with Gasteiger partial charge in [0.05, 0.1) is 12.8 Å². The van der Waals surface area contributed by atoms with E-state index in [4.69, 9.17) is 10.5 Å². The molecular weight excluding hydrogens is 312 g/mol. The van der Waals surface area contributed by atoms with Crippen LogP contribution >= 0.6 is 11.3 Å². The van der Waals surface area contributed by atoms with E-state index in [1.165, 1.54) is 11.3 Å². The molecule has 0 aliphatic rings. The minimum atomic E-state index is -0.302. The maximum Gasteiger partial charge on any atom is 0.217 e. The molecule has 118 valence electrons. The number of amides is 1. The molecule has 2 aromatic heterocycles. The largest absolute Gasteiger partial charge is 0.497 e. The van der Waals surface area contributed by atoms with Crippen molar-refractivity contribution in [3.05, 3.63) is 35.5 Å². The molecule has 1 aromatic carbocycles. The molecule has 3 rings (SSSR count). The predicted octanol–water partition coefficient (Wildman–Crippen LogP) is 2.57. The summed E-state index contributed by atoms with van der Waals surface area (Å²) in [6, 6.07) is 5.81. The molecule has 0 atom stereocenters. The van der Waals surface area contributed by atoms with E-state index in [0.29, 0.717) is 19.3 Å². The van der Waals surface area contributed by atoms with Gasteiger partial charge in [-0.15, -0.1) is 16.4 Å². The molecular formula is C16H16N4O2S. The van der Waals surface area contributed by atoms with Crippen molar-refractivity contribution < 1.29 is 9.53 Å². The highest BCUT2D eigenvalue weighted by molar-refractivity contribution is 7.13. The van der Waals surface area contributed by atoms with Gasteiger partial charge < -0.3 is 10.5 Å². The molecule has 6 nitrogen and oxygen atoms in total. The zero-order valence-electron chi connectivity index (χ0n) is 12.7. The number of aromatic nitrogens is 3. The Morgan fingerprint density at radius 2 is 2.17 bits per heavy atom. The van der Waals surface area contributed by atoms with Crippen LogP contribution in [0.4, 0.5) is 0 Å². The Morgan fingerprint density at radius 3 is 2.87 bits per heavy atom. The molecule has 1 amide bonds. The number of methoxy groups -OCH3 is 1. The summed E-state index contributed by atoms with van der Waals surface area (Å²) < 4.78 is 5.32. The second kappa shape index (κ2) is 6.70. The quantitative estimate of drug-likeness (QED) is 0.751. The van der Waals surface area contributed by atoms with E-state index in [1.54, 1.807) is 13.3 Å². The Morgan fingerprint density at radius 1 is 1.30 bits per heavy atom. The smallest absolute Gasteiger partial charge is 0.217 e. The molecule has 0 spiro atoms. The molecule has 0 radical (unpaired) electrons. The summed E-state index contributed by atoms with van der Waals surface area (Å²) in [4.78, 5) is 15.2. The molecule has 0 saturated carbocycles. The van der Waals surface area contributed by atoms with Crippen LogP contribution in [-0.2, 0) is 11.2 Å². The van der Waals surface area contributed by atoms with Gasteiger partial charge in [0.2, 0.25) is 5.91 Å². The van der Waals surface area contributed by atoms with Gasteiger partial charge in [0.1, 0.15) is 16.5 Å². The van der Waals surface area contributed by atoms with Gasteiger partial charge in [-0.05, 0) is 31.0 Å². The third kappa shape index (κ3) is 3.29. The number of carbonyl (C=O) groups is 1. The van der Waals surface area contributed by atoms with Gasteiger partial charge in [-0.2, -0.15) is 5.10 Å². The van der Waals surface area contributed by atoms with Gasteiger partial charge in [-0.25, -0.2) is 4.98 Å². The molecule has 0 saturated heterocycles. The fraction of sp³-hybridized carbons (Fsp3) is 0.250. The number of ether oxygens (including phenoxy) is 1. The first-order valence-electron chi connectivity index (χ1n) is 7.20. The molecule has 7 heteroatoms. The van der Waals surface area contributed by atoms with Crippen molar-refractivity contribution in [2.75, 3.05) is 7.11 Å². The minimum Gasteiger partial charge on any atom is -0.497 e. The van der Waals surface area contributed by atoms with E-state index in [1.807, 2.05) is 23.6 Å². The standard InChI is InChI=1S/C16H16N4O2S/c1-22-10-5-6-11-12(9-10)15(16-18-7-8-23-16)20-19-13(11)3-2-4-14(17)21/h5-9H,2-4H2,1H3,(H2,17,21). The fourth-order valence-electron chi connectivity index (χ4n) is 2.43. The van der Waals surface area contributed by atoms with Crippen LogP contribution < -0.4 is 10.5 Å². The van der Waals surface area contributed by atoms with Crippen molar-refractivity contribution in [2.24, 2.45) is 5.73 Å². The number of primary amides is 1. The van der Waals surface area contributed by atoms with Crippen LogP contribution in [0.3, 0.4) is 0 Å². The lowest BCUT2D eigenvalue weighted by Crippen LogP contribution is -2.10. The Hall–Kier alpha value is -2.54. The number of aryl methyl sites for hydroxylation is 1. The van der Waals surface area contributed by atoms with Crippen LogP contribution in [0.15, 0.2) is 29.8 Å². The van der Waals surface area contributed by atoms with E-state index in [9.17, 15) is 4.79 Å². The lowest BCUT2D eigenvalue weighted by molar-refractivity contribution is -0.118. The Balaban J connectivity index is 2.06. The molecule has 2 N–H and O–H groups in total. The summed E-state index contributed by atoms with van der Waals surface area (Å²) in [5, 5.41) is 13.4. The number of nitrogens with zero attached hydrogens (tertiary/aromatic N) is 3. The third-order valence-corrected chi connectivity index (χ3v) is 4.31. The maximum absolute atomic E-state index is 10.9. The van der Waals surface area contributed by atoms with Crippen LogP contribution in [0.5, 0.6) is 5.75 Å². The van der Waals surface area contributed by atoms with Crippen LogP contribution in [0, 0.1) is 0 Å². The number of hydrogen-bond donors (Lipinski definition) is 1. The number of nitrogens with two attached hydrogens (primary N) is 1. The minimum absolute atomic E-state index is 0.302. The van der Waals surface area contributed by atoms with Crippen LogP contribution in [0.1, 0.15) is 18.5 Å². The first-order valence-corrected chi connectivity index (χ1v) is 8.08. The molecule has 3 aromatic rings. The van der Waals surface area contributed by atoms with Crippen LogP contribution in [0.2, 0.25) is 0 Å². The van der Waals surface area contributed by atoms with Crippen LogP contribution in [0.25, 0.3) is 21.5 Å². The molecule has 0 aliphatic heterocycles. The van der Waals surface area contributed by atoms with E-state index in [-0.39, 0.29) is 5.91 Å². The average Bonchev–Trinajstić information content (AvgIpc) is 3.08. The summed E-state index contributed by atoms with van der Waals surface area (Å²) >= 11 is 1.52. The average molecular weight is 328 g/mol. The first-order chi connectivity index (χ1) is 11.2. The predicted molar refractivity (Wildman–Crippen MR) is 89.3 cm³/mol. The Bertz CT molecular complexity index is 833. The monoisotopic (exact) mass is 328 g/mol. The number of fused-ring (bicyclic) bond motifs is 1. The summed E-state index contributed by atoms with van der Waals surface area (Å²) in [7, 11) is 1.63. The van der Waals surface area contributed by atoms with Crippen molar-refractivity contribution in [2.45, 2.75) is 19.3 Å². The van der Waals surface area contributed by atoms with Gasteiger partial charge in [0.25, 0.3) is 0 Å². The van der Waals surface area contributed by atoms with E-state index >= 15 is 0 Å². The lowest BCUT2D eigenvalue weighted by Gasteiger charge is -2.09. The van der Waals surface area contributed by atoms with E-state index in [0.717, 1.165) is 32.9 Å². The van der Waals surface area contributed by atoms with Crippen molar-refractivity contribution in [3.63, 3.8) is 0 Å². The molecule has 0 unspecified atom stereocenters. The Labute approximate surface area is 137 Å². The zero-order valence-corrected chi connectivity index (χ0v) is 13.5. The van der Waals surface area contributed by atoms with Crippen LogP contribution in [-0.4, -0.2) is 28.2 Å². The van der Waals surface area contributed by atoms with E-state index in [2.05, 4.69) is 15.2 Å². The second-order valence-electron chi connectivity index (χ2n) is 5.06. The topological polar surface area (TPSA) is 91.0 Å². The van der Waals surface area contributed by atoms with Gasteiger partial charge in [-0.1, -0.05) is 0 Å². The van der Waals surface area contributed by atoms with Gasteiger partial charge >= 0.3 is 0 Å². The highest BCUT2D eigenvalue weighted by atomic mass is 32.1. The van der Waals surface area contributed by atoms with Gasteiger partial charge in [0, 0.05) is 28.8 Å². The summed E-state index contributed by atoms with van der Waals surface area (Å²) in [5.74, 6) is 0.453. The number of benzene rings is 1. The number of rotatable bonds is 6. The summed E-state index contributed by atoms with van der Waals surface area (Å²) in [6.07, 6.45) is 3.39. The normalized spacial score (nSPS) is 10.8. The molecule has 0 bridgehead atoms. The van der Waals surface area contributed by atoms with Crippen molar-refractivity contribution in [1.82, 2.24) is 15.2 Å². The van der Waals surface area contributed by atoms with Gasteiger partial charge in [0.15, 0.2) is 0 Å². The number of hydrogen-bond acceptors (Lipinski definition) is 6. The van der Waals surface area contributed by atoms with Gasteiger partial charge in [-0.3, -0.25) is 4.79 Å². The van der Waals surface area contributed by atoms with Crippen molar-refractivity contribution in [1.29, 1.82) is 0 Å². The number of carbonyl (C=O) groups excluding carboxylic acids is 1. The summed E-state index contributed by atoms with van der Waals surface area (Å²) in [5.41, 5.74) is 6.79. The highest BCUT2D eigenvalue weighted by Gasteiger charge is 2.14. The molecule has 2 heterocycles. The second-order valence-corrected chi connectivity index (χ2v) is 5.96. The van der Waals surface area contributed by atoms with Crippen molar-refractivity contribution >= 4 is 28.0 Å². The summed E-state index contributed by atoms with van der Waals surface area (Å²) in [6.45, 7) is 0. The lowest BCUT2D eigenvalue weighted by atomic mass is 10.0. The molecule has 0 fully saturated rings.